The fraction of sp³-hybridized carbons (Fsp3) is 0.103. The number of rotatable bonds is 9. The fourth-order valence-corrected chi connectivity index (χ4v) is 3.50. The number of carbonyl (C=O) groups is 2. The predicted octanol–water partition coefficient (Wildman–Crippen LogP) is 6.63. The van der Waals surface area contributed by atoms with Gasteiger partial charge in [-0.25, -0.2) is 9.59 Å². The summed E-state index contributed by atoms with van der Waals surface area (Å²) in [4.78, 5) is 45.8. The van der Waals surface area contributed by atoms with Crippen molar-refractivity contribution in [3.8, 4) is 22.3 Å². The average Bonchev–Trinajstić information content (AvgIpc) is 2.93. The van der Waals surface area contributed by atoms with Crippen molar-refractivity contribution in [1.29, 1.82) is 0 Å². The van der Waals surface area contributed by atoms with Crippen molar-refractivity contribution >= 4 is 11.9 Å². The Hall–Kier alpha value is -4.26. The minimum Gasteiger partial charge on any atom is -0.290 e. The van der Waals surface area contributed by atoms with Crippen LogP contribution in [0.5, 0.6) is 0 Å². The predicted molar refractivity (Wildman–Crippen MR) is 131 cm³/mol. The summed E-state index contributed by atoms with van der Waals surface area (Å²) >= 11 is 0. The Morgan fingerprint density at radius 1 is 0.571 bits per heavy atom. The largest absolute Gasteiger partial charge is 0.373 e. The summed E-state index contributed by atoms with van der Waals surface area (Å²) in [5.41, 5.74) is 3.83. The molecule has 4 rings (SSSR count). The molecule has 0 atom stereocenters. The van der Waals surface area contributed by atoms with Crippen molar-refractivity contribution in [2.75, 3.05) is 0 Å². The van der Waals surface area contributed by atoms with Gasteiger partial charge < -0.3 is 0 Å². The maximum absolute atomic E-state index is 12.7. The van der Waals surface area contributed by atoms with E-state index in [9.17, 15) is 9.59 Å². The molecule has 0 spiro atoms. The van der Waals surface area contributed by atoms with Gasteiger partial charge in [-0.3, -0.25) is 9.78 Å². The monoisotopic (exact) mass is 468 g/mol. The summed E-state index contributed by atoms with van der Waals surface area (Å²) < 4.78 is 0. The van der Waals surface area contributed by atoms with Crippen LogP contribution in [0.25, 0.3) is 22.3 Å². The summed E-state index contributed by atoms with van der Waals surface area (Å²) in [5.74, 6) is -1.38. The van der Waals surface area contributed by atoms with Gasteiger partial charge >= 0.3 is 11.9 Å². The molecule has 0 amide bonds. The molecule has 176 valence electrons. The van der Waals surface area contributed by atoms with Gasteiger partial charge in [0.2, 0.25) is 6.29 Å². The zero-order valence-electron chi connectivity index (χ0n) is 19.1. The normalized spacial score (nSPS) is 10.7. The van der Waals surface area contributed by atoms with E-state index in [2.05, 4.69) is 0 Å². The van der Waals surface area contributed by atoms with Gasteiger partial charge in [-0.1, -0.05) is 104 Å². The van der Waals surface area contributed by atoms with E-state index in [1.165, 1.54) is 0 Å². The number of carbonyl (C=O) groups excluding carboxylic acids is 2. The maximum atomic E-state index is 12.7. The van der Waals surface area contributed by atoms with Crippen LogP contribution in [0.4, 0.5) is 0 Å². The van der Waals surface area contributed by atoms with Crippen molar-refractivity contribution in [1.82, 2.24) is 0 Å². The van der Waals surface area contributed by atoms with E-state index >= 15 is 0 Å². The molecule has 4 aromatic rings. The van der Waals surface area contributed by atoms with Crippen LogP contribution in [0.2, 0.25) is 0 Å². The summed E-state index contributed by atoms with van der Waals surface area (Å²) in [6, 6.07) is 33.1. The van der Waals surface area contributed by atoms with Crippen molar-refractivity contribution < 1.29 is 29.1 Å². The molecule has 0 heterocycles. The summed E-state index contributed by atoms with van der Waals surface area (Å²) in [7, 11) is 0. The molecule has 0 saturated heterocycles. The Labute approximate surface area is 203 Å². The molecule has 0 aliphatic rings. The number of hydrogen-bond acceptors (Lipinski definition) is 6. The Kier molecular flexibility index (Phi) is 8.01. The van der Waals surface area contributed by atoms with Crippen molar-refractivity contribution in [2.24, 2.45) is 0 Å². The number of benzene rings is 4. The summed E-state index contributed by atoms with van der Waals surface area (Å²) in [5, 5.41) is 0. The van der Waals surface area contributed by atoms with Crippen LogP contribution >= 0.6 is 0 Å². The molecular weight excluding hydrogens is 444 g/mol. The molecule has 0 aliphatic heterocycles. The second kappa shape index (κ2) is 11.7. The lowest BCUT2D eigenvalue weighted by Gasteiger charge is -2.15. The molecule has 6 nitrogen and oxygen atoms in total. The van der Waals surface area contributed by atoms with Gasteiger partial charge in [0, 0.05) is 6.42 Å². The van der Waals surface area contributed by atoms with Crippen molar-refractivity contribution in [3.63, 3.8) is 0 Å². The summed E-state index contributed by atoms with van der Waals surface area (Å²) in [6.07, 6.45) is -0.836. The van der Waals surface area contributed by atoms with E-state index in [0.717, 1.165) is 11.1 Å². The molecule has 6 heteroatoms. The quantitative estimate of drug-likeness (QED) is 0.156. The SMILES string of the molecule is CCC(OOC(=O)c1ccccc1-c1ccccc1)OOC(=O)c1ccccc1-c1ccccc1. The molecule has 35 heavy (non-hydrogen) atoms. The lowest BCUT2D eigenvalue weighted by Crippen LogP contribution is -2.21. The summed E-state index contributed by atoms with van der Waals surface area (Å²) in [6.45, 7) is 1.74. The van der Waals surface area contributed by atoms with Gasteiger partial charge in [0.05, 0.1) is 11.1 Å². The van der Waals surface area contributed by atoms with Crippen molar-refractivity contribution in [3.05, 3.63) is 120 Å². The Morgan fingerprint density at radius 2 is 0.943 bits per heavy atom. The first kappa shape index (κ1) is 23.9. The molecule has 0 bridgehead atoms. The second-order valence-corrected chi connectivity index (χ2v) is 7.60. The minimum atomic E-state index is -1.10. The molecule has 0 aromatic heterocycles. The zero-order chi connectivity index (χ0) is 24.5. The van der Waals surface area contributed by atoms with E-state index in [0.29, 0.717) is 22.3 Å². The van der Waals surface area contributed by atoms with Crippen molar-refractivity contribution in [2.45, 2.75) is 19.6 Å². The van der Waals surface area contributed by atoms with E-state index in [1.807, 2.05) is 84.9 Å². The van der Waals surface area contributed by atoms with Crippen LogP contribution in [0, 0.1) is 0 Å². The van der Waals surface area contributed by atoms with Crippen LogP contribution in [-0.2, 0) is 19.6 Å². The van der Waals surface area contributed by atoms with Gasteiger partial charge in [0.15, 0.2) is 0 Å². The third-order valence-corrected chi connectivity index (χ3v) is 5.26. The van der Waals surface area contributed by atoms with E-state index in [1.54, 1.807) is 31.2 Å². The molecule has 4 aromatic carbocycles. The first-order valence-corrected chi connectivity index (χ1v) is 11.2. The molecule has 0 radical (unpaired) electrons. The first-order chi connectivity index (χ1) is 17.2. The highest BCUT2D eigenvalue weighted by atomic mass is 17.3. The van der Waals surface area contributed by atoms with Crippen LogP contribution in [0.15, 0.2) is 109 Å². The highest BCUT2D eigenvalue weighted by Gasteiger charge is 2.21. The molecular formula is C29H24O6. The first-order valence-electron chi connectivity index (χ1n) is 11.2. The molecule has 0 unspecified atom stereocenters. The number of hydrogen-bond donors (Lipinski definition) is 0. The van der Waals surface area contributed by atoms with Gasteiger partial charge in [-0.15, -0.1) is 9.78 Å². The fourth-order valence-electron chi connectivity index (χ4n) is 3.50. The van der Waals surface area contributed by atoms with E-state index in [4.69, 9.17) is 19.6 Å². The van der Waals surface area contributed by atoms with Gasteiger partial charge in [0.1, 0.15) is 0 Å². The molecule has 0 aliphatic carbocycles. The van der Waals surface area contributed by atoms with Crippen LogP contribution < -0.4 is 0 Å². The van der Waals surface area contributed by atoms with Crippen LogP contribution in [0.1, 0.15) is 34.1 Å². The second-order valence-electron chi connectivity index (χ2n) is 7.60. The topological polar surface area (TPSA) is 71.1 Å². The van der Waals surface area contributed by atoms with Gasteiger partial charge in [0.25, 0.3) is 0 Å². The standard InChI is InChI=1S/C29H24O6/c1-2-27(32-34-28(30)25-19-11-9-17-23(25)21-13-5-3-6-14-21)33-35-29(31)26-20-12-10-18-24(26)22-15-7-4-8-16-22/h3-20,27H,2H2,1H3. The van der Waals surface area contributed by atoms with Crippen LogP contribution in [-0.4, -0.2) is 18.2 Å². The van der Waals surface area contributed by atoms with E-state index in [-0.39, 0.29) is 6.42 Å². The molecule has 0 fully saturated rings. The smallest absolute Gasteiger partial charge is 0.290 e. The Morgan fingerprint density at radius 3 is 1.34 bits per heavy atom. The third kappa shape index (κ3) is 6.00. The maximum Gasteiger partial charge on any atom is 0.373 e. The van der Waals surface area contributed by atoms with Crippen LogP contribution in [0.3, 0.4) is 0 Å². The average molecular weight is 469 g/mol. The highest BCUT2D eigenvalue weighted by molar-refractivity contribution is 5.97. The lowest BCUT2D eigenvalue weighted by atomic mass is 10.00. The zero-order valence-corrected chi connectivity index (χ0v) is 19.1. The lowest BCUT2D eigenvalue weighted by molar-refractivity contribution is -0.420. The highest BCUT2D eigenvalue weighted by Crippen LogP contribution is 2.25. The minimum absolute atomic E-state index is 0.265. The third-order valence-electron chi connectivity index (χ3n) is 5.26. The van der Waals surface area contributed by atoms with Gasteiger partial charge in [-0.2, -0.15) is 0 Å². The molecule has 0 N–H and O–H groups in total. The Bertz CT molecular complexity index is 1170. The Balaban J connectivity index is 1.38. The van der Waals surface area contributed by atoms with E-state index < -0.39 is 18.2 Å². The van der Waals surface area contributed by atoms with Gasteiger partial charge in [-0.05, 0) is 34.4 Å². The molecule has 0 saturated carbocycles.